The maximum absolute atomic E-state index is 12.9. The number of aliphatic imine (C=N–C) groups is 1. The molecule has 1 aliphatic heterocycles. The van der Waals surface area contributed by atoms with Crippen LogP contribution >= 0.6 is 11.6 Å². The van der Waals surface area contributed by atoms with Gasteiger partial charge in [0.05, 0.1) is 15.5 Å². The molecule has 3 rings (SSSR count). The predicted octanol–water partition coefficient (Wildman–Crippen LogP) is 3.73. The Kier molecular flexibility index (Phi) is 4.09. The molecule has 2 aromatic carbocycles. The number of nitrogens with zero attached hydrogens (tertiary/aromatic N) is 2. The van der Waals surface area contributed by atoms with Crippen LogP contribution in [0.25, 0.3) is 6.08 Å². The van der Waals surface area contributed by atoms with Crippen LogP contribution in [0.1, 0.15) is 11.1 Å². The first-order chi connectivity index (χ1) is 11.4. The minimum absolute atomic E-state index is 0.0146. The van der Waals surface area contributed by atoms with Crippen molar-refractivity contribution >= 4 is 35.2 Å². The van der Waals surface area contributed by atoms with E-state index in [0.717, 1.165) is 0 Å². The Balaban J connectivity index is 1.99. The van der Waals surface area contributed by atoms with Gasteiger partial charge in [-0.25, -0.2) is 14.2 Å². The average Bonchev–Trinajstić information content (AvgIpc) is 2.90. The number of rotatable bonds is 3. The summed E-state index contributed by atoms with van der Waals surface area (Å²) in [4.78, 5) is 26.2. The summed E-state index contributed by atoms with van der Waals surface area (Å²) in [6, 6.07) is 9.18. The number of esters is 1. The number of hydrogen-bond donors (Lipinski definition) is 0. The smallest absolute Gasteiger partial charge is 0.363 e. The Bertz CT molecular complexity index is 907. The highest BCUT2D eigenvalue weighted by Crippen LogP contribution is 2.27. The molecule has 0 saturated heterocycles. The van der Waals surface area contributed by atoms with Crippen LogP contribution in [0.5, 0.6) is 0 Å². The zero-order valence-electron chi connectivity index (χ0n) is 11.9. The van der Waals surface area contributed by atoms with Crippen molar-refractivity contribution in [1.29, 1.82) is 0 Å². The van der Waals surface area contributed by atoms with E-state index in [0.29, 0.717) is 5.56 Å². The molecule has 0 N–H and O–H groups in total. The highest BCUT2D eigenvalue weighted by molar-refractivity contribution is 6.34. The van der Waals surface area contributed by atoms with Gasteiger partial charge in [0.1, 0.15) is 5.82 Å². The molecule has 0 atom stereocenters. The van der Waals surface area contributed by atoms with Gasteiger partial charge in [0.2, 0.25) is 5.90 Å². The quantitative estimate of drug-likeness (QED) is 0.367. The molecule has 0 fully saturated rings. The number of carbonyl (C=O) groups excluding carboxylic acids is 1. The van der Waals surface area contributed by atoms with Gasteiger partial charge in [0, 0.05) is 12.1 Å². The summed E-state index contributed by atoms with van der Waals surface area (Å²) in [7, 11) is 0. The summed E-state index contributed by atoms with van der Waals surface area (Å²) in [5.41, 5.74) is 0.475. The van der Waals surface area contributed by atoms with E-state index in [1.165, 1.54) is 48.5 Å². The normalized spacial score (nSPS) is 15.3. The minimum Gasteiger partial charge on any atom is -0.402 e. The zero-order valence-corrected chi connectivity index (χ0v) is 12.7. The summed E-state index contributed by atoms with van der Waals surface area (Å²) >= 11 is 6.00. The lowest BCUT2D eigenvalue weighted by molar-refractivity contribution is -0.384. The lowest BCUT2D eigenvalue weighted by Gasteiger charge is -2.02. The molecule has 6 nitrogen and oxygen atoms in total. The van der Waals surface area contributed by atoms with E-state index in [2.05, 4.69) is 4.99 Å². The van der Waals surface area contributed by atoms with Gasteiger partial charge in [-0.05, 0) is 29.8 Å². The van der Waals surface area contributed by atoms with Gasteiger partial charge in [-0.1, -0.05) is 23.7 Å². The highest BCUT2D eigenvalue weighted by atomic mass is 35.5. The van der Waals surface area contributed by atoms with Gasteiger partial charge in [0.25, 0.3) is 5.69 Å². The number of cyclic esters (lactones) is 1. The lowest BCUT2D eigenvalue weighted by atomic mass is 10.2. The molecule has 0 aliphatic carbocycles. The first-order valence-corrected chi connectivity index (χ1v) is 7.04. The fraction of sp³-hybridized carbons (Fsp3) is 0. The third-order valence-corrected chi connectivity index (χ3v) is 3.51. The molecule has 1 heterocycles. The van der Waals surface area contributed by atoms with Crippen LogP contribution in [-0.2, 0) is 9.53 Å². The third kappa shape index (κ3) is 3.16. The molecule has 0 amide bonds. The van der Waals surface area contributed by atoms with Crippen molar-refractivity contribution in [3.05, 3.63) is 80.2 Å². The van der Waals surface area contributed by atoms with Crippen molar-refractivity contribution in [3.63, 3.8) is 0 Å². The molecule has 24 heavy (non-hydrogen) atoms. The summed E-state index contributed by atoms with van der Waals surface area (Å²) in [6.45, 7) is 0. The fourth-order valence-electron chi connectivity index (χ4n) is 2.03. The summed E-state index contributed by atoms with van der Waals surface area (Å²) in [6.07, 6.45) is 1.42. The lowest BCUT2D eigenvalue weighted by Crippen LogP contribution is -2.06. The van der Waals surface area contributed by atoms with E-state index in [1.54, 1.807) is 0 Å². The molecule has 0 radical (unpaired) electrons. The Labute approximate surface area is 140 Å². The number of benzene rings is 2. The topological polar surface area (TPSA) is 81.8 Å². The predicted molar refractivity (Wildman–Crippen MR) is 85.1 cm³/mol. The van der Waals surface area contributed by atoms with E-state index < -0.39 is 16.7 Å². The van der Waals surface area contributed by atoms with E-state index in [4.69, 9.17) is 16.3 Å². The second kappa shape index (κ2) is 6.21. The molecule has 0 unspecified atom stereocenters. The highest BCUT2D eigenvalue weighted by Gasteiger charge is 2.27. The number of nitro benzene ring substituents is 1. The maximum atomic E-state index is 12.9. The van der Waals surface area contributed by atoms with Gasteiger partial charge >= 0.3 is 5.97 Å². The van der Waals surface area contributed by atoms with E-state index in [1.807, 2.05) is 0 Å². The van der Waals surface area contributed by atoms with Crippen molar-refractivity contribution in [2.24, 2.45) is 4.99 Å². The van der Waals surface area contributed by atoms with Gasteiger partial charge in [-0.3, -0.25) is 10.1 Å². The largest absolute Gasteiger partial charge is 0.402 e. The zero-order chi connectivity index (χ0) is 17.3. The molecule has 0 saturated carbocycles. The second-order valence-electron chi connectivity index (χ2n) is 4.81. The van der Waals surface area contributed by atoms with E-state index in [-0.39, 0.29) is 27.9 Å². The Morgan fingerprint density at radius 1 is 1.21 bits per heavy atom. The van der Waals surface area contributed by atoms with E-state index >= 15 is 0 Å². The van der Waals surface area contributed by atoms with Crippen LogP contribution in [-0.4, -0.2) is 16.8 Å². The first kappa shape index (κ1) is 15.8. The molecule has 2 aromatic rings. The van der Waals surface area contributed by atoms with Crippen molar-refractivity contribution < 1.29 is 18.8 Å². The van der Waals surface area contributed by atoms with Crippen LogP contribution in [0.3, 0.4) is 0 Å². The molecule has 0 bridgehead atoms. The third-order valence-electron chi connectivity index (χ3n) is 3.19. The number of carbonyl (C=O) groups is 1. The number of nitro groups is 1. The standard InChI is InChI=1S/C16H8ClFN2O4/c17-13-6-5-11(20(22)23)8-12(13)15-19-14(16(21)24-15)7-9-1-3-10(18)4-2-9/h1-8H/b14-7+. The SMILES string of the molecule is O=C1OC(c2cc([N+](=O)[O-])ccc2Cl)=N/C1=C/c1ccc(F)cc1. The van der Waals surface area contributed by atoms with Crippen LogP contribution in [0, 0.1) is 15.9 Å². The van der Waals surface area contributed by atoms with Crippen molar-refractivity contribution in [3.8, 4) is 0 Å². The Hall–Kier alpha value is -3.06. The summed E-state index contributed by atoms with van der Waals surface area (Å²) < 4.78 is 17.9. The van der Waals surface area contributed by atoms with Crippen molar-refractivity contribution in [2.45, 2.75) is 0 Å². The maximum Gasteiger partial charge on any atom is 0.363 e. The molecule has 120 valence electrons. The fourth-order valence-corrected chi connectivity index (χ4v) is 2.23. The molecular weight excluding hydrogens is 339 g/mol. The van der Waals surface area contributed by atoms with Crippen LogP contribution in [0.2, 0.25) is 5.02 Å². The molecule has 1 aliphatic rings. The van der Waals surface area contributed by atoms with Gasteiger partial charge < -0.3 is 4.74 Å². The molecule has 8 heteroatoms. The number of non-ortho nitro benzene ring substituents is 1. The van der Waals surface area contributed by atoms with E-state index in [9.17, 15) is 19.3 Å². The number of halogens is 2. The Morgan fingerprint density at radius 2 is 1.92 bits per heavy atom. The summed E-state index contributed by atoms with van der Waals surface area (Å²) in [5, 5.41) is 11.0. The summed E-state index contributed by atoms with van der Waals surface area (Å²) in [5.74, 6) is -1.25. The van der Waals surface area contributed by atoms with Crippen molar-refractivity contribution in [2.75, 3.05) is 0 Å². The monoisotopic (exact) mass is 346 g/mol. The van der Waals surface area contributed by atoms with Crippen LogP contribution in [0.4, 0.5) is 10.1 Å². The minimum atomic E-state index is -0.725. The second-order valence-corrected chi connectivity index (χ2v) is 5.22. The van der Waals surface area contributed by atoms with Crippen molar-refractivity contribution in [1.82, 2.24) is 0 Å². The van der Waals surface area contributed by atoms with Crippen LogP contribution in [0.15, 0.2) is 53.2 Å². The van der Waals surface area contributed by atoms with Gasteiger partial charge in [-0.15, -0.1) is 0 Å². The average molecular weight is 347 g/mol. The van der Waals surface area contributed by atoms with Gasteiger partial charge in [-0.2, -0.15) is 0 Å². The Morgan fingerprint density at radius 3 is 2.58 bits per heavy atom. The van der Waals surface area contributed by atoms with Crippen LogP contribution < -0.4 is 0 Å². The first-order valence-electron chi connectivity index (χ1n) is 6.66. The number of ether oxygens (including phenoxy) is 1. The molecule has 0 aromatic heterocycles. The number of hydrogen-bond acceptors (Lipinski definition) is 5. The van der Waals surface area contributed by atoms with Gasteiger partial charge in [0.15, 0.2) is 5.70 Å². The molecular formula is C16H8ClFN2O4. The molecule has 0 spiro atoms.